The first-order chi connectivity index (χ1) is 12.5. The standard InChI is InChI=1S/C11H24Cl2N5O5P3/c12-24(13)16-25-14-2-1-3-15-26(17-24,18-25)23-11-9-21-7-5-19-4-6-20-8-10-22-25/h14-15H,1-11H2. The minimum absolute atomic E-state index is 0.310. The van der Waals surface area contributed by atoms with Gasteiger partial charge < -0.3 is 23.3 Å². The second-order valence-corrected chi connectivity index (χ2v) is 15.2. The largest absolute Gasteiger partial charge is 0.377 e. The predicted molar refractivity (Wildman–Crippen MR) is 105 cm³/mol. The smallest absolute Gasteiger partial charge is 0.280 e. The van der Waals surface area contributed by atoms with E-state index in [2.05, 4.69) is 19.2 Å². The summed E-state index contributed by atoms with van der Waals surface area (Å²) in [6.07, 6.45) is 0.858. The lowest BCUT2D eigenvalue weighted by Crippen LogP contribution is -2.25. The maximum atomic E-state index is 6.41. The average molecular weight is 470 g/mol. The number of rotatable bonds is 0. The Bertz CT molecular complexity index is 622. The van der Waals surface area contributed by atoms with Crippen LogP contribution in [0.4, 0.5) is 0 Å². The van der Waals surface area contributed by atoms with Crippen LogP contribution in [0.3, 0.4) is 0 Å². The van der Waals surface area contributed by atoms with Gasteiger partial charge in [0, 0.05) is 13.1 Å². The summed E-state index contributed by atoms with van der Waals surface area (Å²) in [6.45, 7) is 4.73. The molecule has 10 nitrogen and oxygen atoms in total. The second kappa shape index (κ2) is 10.1. The van der Waals surface area contributed by atoms with Crippen LogP contribution < -0.4 is 10.2 Å². The lowest BCUT2D eigenvalue weighted by Gasteiger charge is -2.33. The lowest BCUT2D eigenvalue weighted by atomic mass is 10.4. The van der Waals surface area contributed by atoms with Crippen molar-refractivity contribution in [2.24, 2.45) is 13.5 Å². The first-order valence-corrected chi connectivity index (χ1v) is 15.1. The van der Waals surface area contributed by atoms with E-state index < -0.39 is 21.1 Å². The number of hydrogen-bond donors (Lipinski definition) is 2. The van der Waals surface area contributed by atoms with Gasteiger partial charge in [0.05, 0.1) is 52.9 Å². The fourth-order valence-electron chi connectivity index (χ4n) is 2.36. The third-order valence-electron chi connectivity index (χ3n) is 3.43. The van der Waals surface area contributed by atoms with Gasteiger partial charge in [-0.15, -0.1) is 0 Å². The number of nitrogens with zero attached hydrogens (tertiary/aromatic N) is 3. The summed E-state index contributed by atoms with van der Waals surface area (Å²) in [4.78, 5) is 0. The Balaban J connectivity index is 1.87. The first kappa shape index (κ1) is 21.7. The fourth-order valence-corrected chi connectivity index (χ4v) is 14.3. The molecule has 2 bridgehead atoms. The molecule has 0 fully saturated rings. The third kappa shape index (κ3) is 6.51. The molecule has 2 unspecified atom stereocenters. The quantitative estimate of drug-likeness (QED) is 0.516. The van der Waals surface area contributed by atoms with Gasteiger partial charge in [-0.3, -0.25) is 0 Å². The fraction of sp³-hybridized carbons (Fsp3) is 1.00. The highest BCUT2D eigenvalue weighted by Crippen LogP contribution is 2.80. The molecule has 0 aromatic heterocycles. The van der Waals surface area contributed by atoms with Crippen LogP contribution in [0, 0.1) is 0 Å². The van der Waals surface area contributed by atoms with Crippen molar-refractivity contribution in [3.63, 3.8) is 0 Å². The van der Waals surface area contributed by atoms with Crippen molar-refractivity contribution < 1.29 is 23.3 Å². The van der Waals surface area contributed by atoms with Crippen LogP contribution in [0.5, 0.6) is 0 Å². The Hall–Kier alpha value is 0.990. The third-order valence-corrected chi connectivity index (χ3v) is 13.8. The van der Waals surface area contributed by atoms with E-state index in [1.165, 1.54) is 0 Å². The molecule has 0 aromatic rings. The van der Waals surface area contributed by atoms with E-state index >= 15 is 0 Å². The average Bonchev–Trinajstić information content (AvgIpc) is 2.55. The molecule has 3 rings (SSSR count). The van der Waals surface area contributed by atoms with Crippen molar-refractivity contribution in [2.75, 3.05) is 65.9 Å². The number of ether oxygens (including phenoxy) is 3. The monoisotopic (exact) mass is 469 g/mol. The molecule has 0 amide bonds. The highest BCUT2D eigenvalue weighted by molar-refractivity contribution is 8.13. The van der Waals surface area contributed by atoms with Crippen molar-refractivity contribution >= 4 is 43.6 Å². The zero-order chi connectivity index (χ0) is 18.3. The van der Waals surface area contributed by atoms with Gasteiger partial charge in [-0.25, -0.2) is 10.2 Å². The van der Waals surface area contributed by atoms with Gasteiger partial charge in [-0.05, 0) is 28.9 Å². The highest BCUT2D eigenvalue weighted by atomic mass is 35.9. The maximum absolute atomic E-state index is 6.41. The molecule has 0 spiro atoms. The van der Waals surface area contributed by atoms with Crippen LogP contribution in [0.2, 0.25) is 0 Å². The van der Waals surface area contributed by atoms with Gasteiger partial charge in [0.25, 0.3) is 21.1 Å². The van der Waals surface area contributed by atoms with Gasteiger partial charge in [-0.1, -0.05) is 0 Å². The van der Waals surface area contributed by atoms with Crippen LogP contribution in [-0.2, 0) is 23.3 Å². The van der Waals surface area contributed by atoms with Gasteiger partial charge in [0.15, 0.2) is 0 Å². The molecule has 0 aliphatic carbocycles. The van der Waals surface area contributed by atoms with Gasteiger partial charge in [0.1, 0.15) is 0 Å². The molecule has 3 heterocycles. The zero-order valence-corrected chi connectivity index (χ0v) is 18.5. The molecule has 0 aromatic carbocycles. The van der Waals surface area contributed by atoms with Crippen molar-refractivity contribution in [1.29, 1.82) is 0 Å². The van der Waals surface area contributed by atoms with Gasteiger partial charge in [-0.2, -0.15) is 13.5 Å². The SMILES string of the molecule is ClP1(Cl)=NP23=NP(=N1)(NCCCN2)OCCOCCOCCOCCO3. The second-order valence-electron chi connectivity index (χ2n) is 5.49. The van der Waals surface area contributed by atoms with Crippen LogP contribution in [-0.4, -0.2) is 65.9 Å². The molecule has 26 heavy (non-hydrogen) atoms. The molecule has 0 saturated heterocycles. The molecule has 0 saturated carbocycles. The van der Waals surface area contributed by atoms with Crippen LogP contribution in [0.1, 0.15) is 6.42 Å². The summed E-state index contributed by atoms with van der Waals surface area (Å²) in [7, 11) is -5.57. The van der Waals surface area contributed by atoms with Crippen molar-refractivity contribution in [3.05, 3.63) is 0 Å². The van der Waals surface area contributed by atoms with E-state index in [9.17, 15) is 0 Å². The molecule has 3 aliphatic rings. The molecule has 3 aliphatic heterocycles. The Morgan fingerprint density at radius 2 is 1.08 bits per heavy atom. The number of nitrogens with one attached hydrogen (secondary N) is 2. The molecule has 2 N–H and O–H groups in total. The van der Waals surface area contributed by atoms with E-state index in [4.69, 9.17) is 50.3 Å². The summed E-state index contributed by atoms with van der Waals surface area (Å²) in [6, 6.07) is 0. The topological polar surface area (TPSA) is 107 Å². The van der Waals surface area contributed by atoms with Gasteiger partial charge in [0.2, 0.25) is 0 Å². The van der Waals surface area contributed by atoms with Crippen molar-refractivity contribution in [3.8, 4) is 0 Å². The highest BCUT2D eigenvalue weighted by Gasteiger charge is 2.38. The molecule has 2 atom stereocenters. The van der Waals surface area contributed by atoms with E-state index in [1.54, 1.807) is 0 Å². The molecular formula is C11H24Cl2N5O5P3. The van der Waals surface area contributed by atoms with E-state index in [-0.39, 0.29) is 0 Å². The summed E-state index contributed by atoms with van der Waals surface area (Å²) in [5, 5.41) is 6.60. The Morgan fingerprint density at radius 1 is 0.615 bits per heavy atom. The van der Waals surface area contributed by atoms with Crippen LogP contribution in [0.15, 0.2) is 13.5 Å². The summed E-state index contributed by atoms with van der Waals surface area (Å²) in [5.74, 6) is -2.97. The lowest BCUT2D eigenvalue weighted by molar-refractivity contribution is 0.00530. The van der Waals surface area contributed by atoms with E-state index in [0.717, 1.165) is 6.42 Å². The molecule has 0 radical (unpaired) electrons. The Labute approximate surface area is 163 Å². The summed E-state index contributed by atoms with van der Waals surface area (Å²) >= 11 is 12.8. The molecule has 152 valence electrons. The first-order valence-electron chi connectivity index (χ1n) is 8.37. The summed E-state index contributed by atoms with van der Waals surface area (Å²) in [5.41, 5.74) is 0. The number of halogens is 2. The van der Waals surface area contributed by atoms with E-state index in [0.29, 0.717) is 65.9 Å². The van der Waals surface area contributed by atoms with Crippen molar-refractivity contribution in [1.82, 2.24) is 10.2 Å². The Morgan fingerprint density at radius 3 is 1.62 bits per heavy atom. The van der Waals surface area contributed by atoms with Crippen molar-refractivity contribution in [2.45, 2.75) is 6.42 Å². The predicted octanol–water partition coefficient (Wildman–Crippen LogP) is 4.00. The minimum Gasteiger partial charge on any atom is -0.377 e. The minimum atomic E-state index is -2.97. The normalized spacial score (nSPS) is 37.2. The molecule has 15 heteroatoms. The number of hydrogen-bond acceptors (Lipinski definition) is 10. The molecular weight excluding hydrogens is 446 g/mol. The van der Waals surface area contributed by atoms with Crippen LogP contribution in [0.25, 0.3) is 0 Å². The maximum Gasteiger partial charge on any atom is 0.280 e. The zero-order valence-electron chi connectivity index (χ0n) is 14.3. The summed E-state index contributed by atoms with van der Waals surface area (Å²) < 4.78 is 42.2. The Kier molecular flexibility index (Phi) is 8.47. The van der Waals surface area contributed by atoms with Gasteiger partial charge >= 0.3 is 0 Å². The van der Waals surface area contributed by atoms with Crippen LogP contribution >= 0.6 is 43.6 Å². The van der Waals surface area contributed by atoms with E-state index in [1.807, 2.05) is 0 Å².